The Morgan fingerprint density at radius 2 is 1.79 bits per heavy atom. The quantitative estimate of drug-likeness (QED) is 0.775. The van der Waals surface area contributed by atoms with Gasteiger partial charge in [0.25, 0.3) is 0 Å². The van der Waals surface area contributed by atoms with Crippen LogP contribution in [0.25, 0.3) is 0 Å². The van der Waals surface area contributed by atoms with Crippen LogP contribution in [0.2, 0.25) is 0 Å². The van der Waals surface area contributed by atoms with Crippen molar-refractivity contribution in [2.24, 2.45) is 0 Å². The number of anilines is 3. The third-order valence-corrected chi connectivity index (χ3v) is 3.72. The first-order valence-corrected chi connectivity index (χ1v) is 6.34. The molecule has 3 heteroatoms. The van der Waals surface area contributed by atoms with Gasteiger partial charge in [-0.1, -0.05) is 24.3 Å². The van der Waals surface area contributed by atoms with Crippen molar-refractivity contribution in [2.45, 2.75) is 13.1 Å². The van der Waals surface area contributed by atoms with Gasteiger partial charge in [-0.3, -0.25) is 0 Å². The van der Waals surface area contributed by atoms with Gasteiger partial charge in [-0.25, -0.2) is 0 Å². The fourth-order valence-electron chi connectivity index (χ4n) is 2.69. The molecule has 0 saturated heterocycles. The van der Waals surface area contributed by atoms with E-state index in [0.717, 1.165) is 22.6 Å². The molecule has 0 amide bonds. The van der Waals surface area contributed by atoms with Gasteiger partial charge >= 0.3 is 0 Å². The summed E-state index contributed by atoms with van der Waals surface area (Å²) in [6.07, 6.45) is 0.201. The molecule has 94 valence electrons. The second kappa shape index (κ2) is 4.33. The van der Waals surface area contributed by atoms with E-state index in [4.69, 9.17) is 0 Å². The molecule has 0 radical (unpaired) electrons. The van der Waals surface area contributed by atoms with Gasteiger partial charge in [0.15, 0.2) is 0 Å². The van der Waals surface area contributed by atoms with E-state index < -0.39 is 0 Å². The van der Waals surface area contributed by atoms with Gasteiger partial charge in [-0.05, 0) is 31.2 Å². The molecule has 1 atom stereocenters. The van der Waals surface area contributed by atoms with Crippen molar-refractivity contribution in [3.63, 3.8) is 0 Å². The number of para-hydroxylation sites is 2. The number of benzene rings is 2. The van der Waals surface area contributed by atoms with E-state index in [2.05, 4.69) is 41.0 Å². The molecule has 0 N–H and O–H groups in total. The minimum atomic E-state index is 0.201. The first kappa shape index (κ1) is 11.6. The lowest BCUT2D eigenvalue weighted by atomic mass is 10.1. The predicted octanol–water partition coefficient (Wildman–Crippen LogP) is 3.49. The Balaban J connectivity index is 2.19. The van der Waals surface area contributed by atoms with Crippen LogP contribution in [0.1, 0.15) is 12.5 Å². The molecule has 0 unspecified atom stereocenters. The maximum Gasteiger partial charge on any atom is 0.103 e. The first-order chi connectivity index (χ1) is 9.24. The van der Waals surface area contributed by atoms with Crippen LogP contribution in [0.3, 0.4) is 0 Å². The van der Waals surface area contributed by atoms with Crippen LogP contribution in [0.15, 0.2) is 48.5 Å². The third kappa shape index (κ3) is 1.65. The number of nitriles is 1. The summed E-state index contributed by atoms with van der Waals surface area (Å²) < 4.78 is 0. The van der Waals surface area contributed by atoms with Gasteiger partial charge in [0, 0.05) is 12.7 Å². The molecule has 0 fully saturated rings. The standard InChI is InChI=1S/C16H15N3/c1-12-18(2)16-13(11-17)7-6-10-15(16)19(12)14-8-4-3-5-9-14/h3-10,12H,1-2H3/t12-/m0/s1. The summed E-state index contributed by atoms with van der Waals surface area (Å²) in [6.45, 7) is 2.15. The van der Waals surface area contributed by atoms with Crippen LogP contribution in [0, 0.1) is 11.3 Å². The van der Waals surface area contributed by atoms with Crippen molar-refractivity contribution >= 4 is 17.1 Å². The van der Waals surface area contributed by atoms with Gasteiger partial charge < -0.3 is 9.80 Å². The molecule has 1 aliphatic heterocycles. The largest absolute Gasteiger partial charge is 0.351 e. The summed E-state index contributed by atoms with van der Waals surface area (Å²) in [5, 5.41) is 9.27. The van der Waals surface area contributed by atoms with Gasteiger partial charge in [0.05, 0.1) is 16.9 Å². The van der Waals surface area contributed by atoms with Crippen molar-refractivity contribution in [2.75, 3.05) is 16.8 Å². The molecule has 2 aromatic carbocycles. The molecule has 3 nitrogen and oxygen atoms in total. The second-order valence-electron chi connectivity index (χ2n) is 4.73. The molecule has 0 aromatic heterocycles. The van der Waals surface area contributed by atoms with Crippen LogP contribution >= 0.6 is 0 Å². The monoisotopic (exact) mass is 249 g/mol. The Kier molecular flexibility index (Phi) is 2.64. The van der Waals surface area contributed by atoms with E-state index in [9.17, 15) is 5.26 Å². The lowest BCUT2D eigenvalue weighted by Gasteiger charge is -2.27. The van der Waals surface area contributed by atoms with Crippen molar-refractivity contribution in [3.8, 4) is 6.07 Å². The fourth-order valence-corrected chi connectivity index (χ4v) is 2.69. The number of rotatable bonds is 1. The number of nitrogens with zero attached hydrogens (tertiary/aromatic N) is 3. The van der Waals surface area contributed by atoms with Crippen LogP contribution in [0.4, 0.5) is 17.1 Å². The molecular formula is C16H15N3. The molecule has 0 bridgehead atoms. The molecule has 1 aliphatic rings. The van der Waals surface area contributed by atoms with Gasteiger partial charge in [0.1, 0.15) is 12.2 Å². The van der Waals surface area contributed by atoms with Crippen LogP contribution in [-0.4, -0.2) is 13.2 Å². The van der Waals surface area contributed by atoms with Crippen LogP contribution < -0.4 is 9.80 Å². The molecule has 1 heterocycles. The average Bonchev–Trinajstić information content (AvgIpc) is 2.72. The van der Waals surface area contributed by atoms with E-state index >= 15 is 0 Å². The lowest BCUT2D eigenvalue weighted by Crippen LogP contribution is -2.35. The average molecular weight is 249 g/mol. The molecule has 0 aliphatic carbocycles. The Morgan fingerprint density at radius 1 is 1.05 bits per heavy atom. The SMILES string of the molecule is C[C@H]1N(C)c2c(C#N)cccc2N1c1ccccc1. The normalized spacial score (nSPS) is 17.2. The highest BCUT2D eigenvalue weighted by Crippen LogP contribution is 2.44. The predicted molar refractivity (Wildman–Crippen MR) is 77.6 cm³/mol. The van der Waals surface area contributed by atoms with Crippen molar-refractivity contribution in [1.82, 2.24) is 0 Å². The summed E-state index contributed by atoms with van der Waals surface area (Å²) in [6, 6.07) is 18.4. The Hall–Kier alpha value is -2.47. The summed E-state index contributed by atoms with van der Waals surface area (Å²) in [5.74, 6) is 0. The maximum absolute atomic E-state index is 9.27. The zero-order valence-corrected chi connectivity index (χ0v) is 11.0. The second-order valence-corrected chi connectivity index (χ2v) is 4.73. The van der Waals surface area contributed by atoms with Gasteiger partial charge in [-0.15, -0.1) is 0 Å². The van der Waals surface area contributed by atoms with E-state index in [0.29, 0.717) is 0 Å². The number of fused-ring (bicyclic) bond motifs is 1. The minimum absolute atomic E-state index is 0.201. The Bertz CT molecular complexity index is 643. The van der Waals surface area contributed by atoms with Crippen molar-refractivity contribution in [1.29, 1.82) is 5.26 Å². The summed E-state index contributed by atoms with van der Waals surface area (Å²) in [7, 11) is 2.04. The third-order valence-electron chi connectivity index (χ3n) is 3.72. The highest BCUT2D eigenvalue weighted by atomic mass is 15.4. The molecule has 0 spiro atoms. The van der Waals surface area contributed by atoms with E-state index in [1.54, 1.807) is 0 Å². The molecule has 0 saturated carbocycles. The molecular weight excluding hydrogens is 234 g/mol. The zero-order chi connectivity index (χ0) is 13.4. The number of hydrogen-bond donors (Lipinski definition) is 0. The Labute approximate surface area is 113 Å². The topological polar surface area (TPSA) is 30.3 Å². The molecule has 19 heavy (non-hydrogen) atoms. The lowest BCUT2D eigenvalue weighted by molar-refractivity contribution is 0.734. The zero-order valence-electron chi connectivity index (χ0n) is 11.0. The summed E-state index contributed by atoms with van der Waals surface area (Å²) in [4.78, 5) is 4.41. The van der Waals surface area contributed by atoms with Crippen molar-refractivity contribution in [3.05, 3.63) is 54.1 Å². The van der Waals surface area contributed by atoms with E-state index in [-0.39, 0.29) is 6.17 Å². The molecule has 2 aromatic rings. The first-order valence-electron chi connectivity index (χ1n) is 6.34. The minimum Gasteiger partial charge on any atom is -0.351 e. The van der Waals surface area contributed by atoms with Gasteiger partial charge in [0.2, 0.25) is 0 Å². The van der Waals surface area contributed by atoms with E-state index in [1.807, 2.05) is 37.4 Å². The summed E-state index contributed by atoms with van der Waals surface area (Å²) >= 11 is 0. The molecule has 3 rings (SSSR count). The van der Waals surface area contributed by atoms with Crippen molar-refractivity contribution < 1.29 is 0 Å². The Morgan fingerprint density at radius 3 is 2.47 bits per heavy atom. The van der Waals surface area contributed by atoms with E-state index in [1.165, 1.54) is 0 Å². The van der Waals surface area contributed by atoms with Crippen LogP contribution in [-0.2, 0) is 0 Å². The maximum atomic E-state index is 9.27. The highest BCUT2D eigenvalue weighted by molar-refractivity contribution is 5.87. The van der Waals surface area contributed by atoms with Gasteiger partial charge in [-0.2, -0.15) is 5.26 Å². The number of hydrogen-bond acceptors (Lipinski definition) is 3. The fraction of sp³-hybridized carbons (Fsp3) is 0.188. The summed E-state index contributed by atoms with van der Waals surface area (Å²) in [5.41, 5.74) is 3.99. The smallest absolute Gasteiger partial charge is 0.103 e. The van der Waals surface area contributed by atoms with Crippen LogP contribution in [0.5, 0.6) is 0 Å². The highest BCUT2D eigenvalue weighted by Gasteiger charge is 2.33.